The van der Waals surface area contributed by atoms with Crippen LogP contribution in [0.25, 0.3) is 0 Å². The smallest absolute Gasteiger partial charge is 0.242 e. The number of nitrogens with zero attached hydrogens (tertiary/aromatic N) is 1. The van der Waals surface area contributed by atoms with Crippen molar-refractivity contribution in [2.75, 3.05) is 38.9 Å². The zero-order valence-electron chi connectivity index (χ0n) is 13.3. The predicted molar refractivity (Wildman–Crippen MR) is 85.9 cm³/mol. The predicted octanol–water partition coefficient (Wildman–Crippen LogP) is 1.60. The fraction of sp³-hybridized carbons (Fsp3) is 0.571. The summed E-state index contributed by atoms with van der Waals surface area (Å²) in [6.45, 7) is 4.64. The zero-order valence-corrected chi connectivity index (χ0v) is 14.1. The van der Waals surface area contributed by atoms with Gasteiger partial charge in [-0.05, 0) is 24.1 Å². The second-order valence-corrected chi connectivity index (χ2v) is 7.64. The summed E-state index contributed by atoms with van der Waals surface area (Å²) in [6, 6.07) is 4.73. The number of rotatable bonds is 7. The van der Waals surface area contributed by atoms with E-state index in [0.717, 1.165) is 0 Å². The molecule has 0 aliphatic carbocycles. The number of nitrogen functional groups attached to an aromatic ring is 1. The quantitative estimate of drug-likeness (QED) is 0.747. The summed E-state index contributed by atoms with van der Waals surface area (Å²) in [6.07, 6.45) is 0. The largest absolute Gasteiger partial charge is 0.397 e. The minimum atomic E-state index is -3.48. The first-order chi connectivity index (χ1) is 9.70. The van der Waals surface area contributed by atoms with E-state index in [0.29, 0.717) is 23.9 Å². The lowest BCUT2D eigenvalue weighted by atomic mass is 10.0. The number of hydrogen-bond acceptors (Lipinski definition) is 5. The Balaban J connectivity index is 3.14. The summed E-state index contributed by atoms with van der Waals surface area (Å²) < 4.78 is 30.7. The Morgan fingerprint density at radius 1 is 1.33 bits per heavy atom. The SMILES string of the molecule is COCC(Nc1cc(S(=O)(=O)N(C)C)ccc1N)C(C)C. The summed E-state index contributed by atoms with van der Waals surface area (Å²) in [5.74, 6) is 0.318. The van der Waals surface area contributed by atoms with Crippen molar-refractivity contribution in [3.05, 3.63) is 18.2 Å². The summed E-state index contributed by atoms with van der Waals surface area (Å²) in [5.41, 5.74) is 7.06. The second-order valence-electron chi connectivity index (χ2n) is 5.49. The molecule has 1 unspecified atom stereocenters. The molecule has 0 amide bonds. The van der Waals surface area contributed by atoms with E-state index < -0.39 is 10.0 Å². The van der Waals surface area contributed by atoms with Crippen LogP contribution in [0.5, 0.6) is 0 Å². The molecule has 0 saturated heterocycles. The van der Waals surface area contributed by atoms with Crippen molar-refractivity contribution in [2.24, 2.45) is 5.92 Å². The third-order valence-electron chi connectivity index (χ3n) is 3.30. The summed E-state index contributed by atoms with van der Waals surface area (Å²) >= 11 is 0. The Bertz CT molecular complexity index is 571. The maximum atomic E-state index is 12.2. The van der Waals surface area contributed by atoms with Crippen molar-refractivity contribution >= 4 is 21.4 Å². The number of methoxy groups -OCH3 is 1. The molecule has 1 aromatic rings. The topological polar surface area (TPSA) is 84.7 Å². The monoisotopic (exact) mass is 315 g/mol. The normalized spacial score (nSPS) is 13.7. The van der Waals surface area contributed by atoms with Crippen LogP contribution in [0.1, 0.15) is 13.8 Å². The van der Waals surface area contributed by atoms with Crippen LogP contribution in [0.15, 0.2) is 23.1 Å². The Hall–Kier alpha value is -1.31. The molecule has 21 heavy (non-hydrogen) atoms. The van der Waals surface area contributed by atoms with E-state index in [-0.39, 0.29) is 10.9 Å². The van der Waals surface area contributed by atoms with Crippen molar-refractivity contribution in [3.63, 3.8) is 0 Å². The average molecular weight is 315 g/mol. The summed E-state index contributed by atoms with van der Waals surface area (Å²) in [7, 11) is 1.16. The lowest BCUT2D eigenvalue weighted by Crippen LogP contribution is -2.31. The third kappa shape index (κ3) is 4.33. The third-order valence-corrected chi connectivity index (χ3v) is 5.11. The van der Waals surface area contributed by atoms with Crippen LogP contribution in [0.2, 0.25) is 0 Å². The fourth-order valence-electron chi connectivity index (χ4n) is 1.81. The molecule has 1 aromatic carbocycles. The molecule has 0 bridgehead atoms. The van der Waals surface area contributed by atoms with Crippen molar-refractivity contribution in [2.45, 2.75) is 24.8 Å². The molecular formula is C14H25N3O3S. The molecule has 0 spiro atoms. The highest BCUT2D eigenvalue weighted by Crippen LogP contribution is 2.26. The lowest BCUT2D eigenvalue weighted by Gasteiger charge is -2.24. The molecule has 0 fully saturated rings. The Labute approximate surface area is 127 Å². The van der Waals surface area contributed by atoms with E-state index in [1.807, 2.05) is 0 Å². The van der Waals surface area contributed by atoms with Gasteiger partial charge in [0.15, 0.2) is 0 Å². The molecule has 0 aliphatic rings. The van der Waals surface area contributed by atoms with Crippen LogP contribution >= 0.6 is 0 Å². The molecular weight excluding hydrogens is 290 g/mol. The van der Waals surface area contributed by atoms with E-state index in [2.05, 4.69) is 19.2 Å². The van der Waals surface area contributed by atoms with Crippen molar-refractivity contribution in [1.29, 1.82) is 0 Å². The van der Waals surface area contributed by atoms with Gasteiger partial charge in [0.1, 0.15) is 0 Å². The van der Waals surface area contributed by atoms with E-state index in [4.69, 9.17) is 10.5 Å². The van der Waals surface area contributed by atoms with Crippen LogP contribution in [-0.2, 0) is 14.8 Å². The van der Waals surface area contributed by atoms with Crippen molar-refractivity contribution in [3.8, 4) is 0 Å². The van der Waals surface area contributed by atoms with Crippen molar-refractivity contribution in [1.82, 2.24) is 4.31 Å². The van der Waals surface area contributed by atoms with E-state index >= 15 is 0 Å². The highest BCUT2D eigenvalue weighted by Gasteiger charge is 2.20. The van der Waals surface area contributed by atoms with Crippen LogP contribution < -0.4 is 11.1 Å². The van der Waals surface area contributed by atoms with Crippen molar-refractivity contribution < 1.29 is 13.2 Å². The molecule has 6 nitrogen and oxygen atoms in total. The summed E-state index contributed by atoms with van der Waals surface area (Å²) in [5, 5.41) is 3.27. The number of sulfonamides is 1. The van der Waals surface area contributed by atoms with Gasteiger partial charge in [0.05, 0.1) is 28.9 Å². The molecule has 1 rings (SSSR count). The molecule has 7 heteroatoms. The van der Waals surface area contributed by atoms with Gasteiger partial charge in [-0.2, -0.15) is 0 Å². The molecule has 3 N–H and O–H groups in total. The number of nitrogens with two attached hydrogens (primary N) is 1. The lowest BCUT2D eigenvalue weighted by molar-refractivity contribution is 0.171. The Morgan fingerprint density at radius 3 is 2.43 bits per heavy atom. The second kappa shape index (κ2) is 7.11. The van der Waals surface area contributed by atoms with E-state index in [1.165, 1.54) is 24.5 Å². The first-order valence-corrected chi connectivity index (χ1v) is 8.21. The van der Waals surface area contributed by atoms with Gasteiger partial charge in [-0.3, -0.25) is 0 Å². The van der Waals surface area contributed by atoms with E-state index in [1.54, 1.807) is 19.2 Å². The van der Waals surface area contributed by atoms with Gasteiger partial charge in [0, 0.05) is 21.2 Å². The maximum absolute atomic E-state index is 12.2. The Kier molecular flexibility index (Phi) is 6.00. The molecule has 120 valence electrons. The maximum Gasteiger partial charge on any atom is 0.242 e. The van der Waals surface area contributed by atoms with Crippen LogP contribution in [0.3, 0.4) is 0 Å². The number of benzene rings is 1. The highest BCUT2D eigenvalue weighted by molar-refractivity contribution is 7.89. The van der Waals surface area contributed by atoms with Crippen LogP contribution in [0.4, 0.5) is 11.4 Å². The van der Waals surface area contributed by atoms with Gasteiger partial charge in [0.2, 0.25) is 10.0 Å². The van der Waals surface area contributed by atoms with Gasteiger partial charge in [-0.1, -0.05) is 13.8 Å². The Morgan fingerprint density at radius 2 is 1.95 bits per heavy atom. The molecule has 0 aliphatic heterocycles. The number of nitrogens with one attached hydrogen (secondary N) is 1. The number of ether oxygens (including phenoxy) is 1. The zero-order chi connectivity index (χ0) is 16.2. The number of anilines is 2. The van der Waals surface area contributed by atoms with Gasteiger partial charge in [-0.15, -0.1) is 0 Å². The summed E-state index contributed by atoms with van der Waals surface area (Å²) in [4.78, 5) is 0.212. The fourth-order valence-corrected chi connectivity index (χ4v) is 2.74. The van der Waals surface area contributed by atoms with Crippen LogP contribution in [-0.4, -0.2) is 46.6 Å². The van der Waals surface area contributed by atoms with Gasteiger partial charge in [0.25, 0.3) is 0 Å². The average Bonchev–Trinajstić information content (AvgIpc) is 2.39. The number of hydrogen-bond donors (Lipinski definition) is 2. The minimum absolute atomic E-state index is 0.0506. The molecule has 0 saturated carbocycles. The molecule has 0 heterocycles. The molecule has 0 radical (unpaired) electrons. The minimum Gasteiger partial charge on any atom is -0.397 e. The van der Waals surface area contributed by atoms with Crippen LogP contribution in [0, 0.1) is 5.92 Å². The highest BCUT2D eigenvalue weighted by atomic mass is 32.2. The standard InChI is InChI=1S/C14H25N3O3S/c1-10(2)14(9-20-5)16-13-8-11(6-7-12(13)15)21(18,19)17(3)4/h6-8,10,14,16H,9,15H2,1-5H3. The first kappa shape index (κ1) is 17.7. The van der Waals surface area contributed by atoms with Gasteiger partial charge >= 0.3 is 0 Å². The molecule has 0 aromatic heterocycles. The van der Waals surface area contributed by atoms with E-state index in [9.17, 15) is 8.42 Å². The van der Waals surface area contributed by atoms with Gasteiger partial charge in [-0.25, -0.2) is 12.7 Å². The molecule has 1 atom stereocenters. The first-order valence-electron chi connectivity index (χ1n) is 6.77. The van der Waals surface area contributed by atoms with Gasteiger partial charge < -0.3 is 15.8 Å².